The van der Waals surface area contributed by atoms with E-state index in [1.807, 2.05) is 0 Å². The minimum absolute atomic E-state index is 0.0674. The first kappa shape index (κ1) is 17.6. The van der Waals surface area contributed by atoms with Crippen molar-refractivity contribution in [3.05, 3.63) is 12.7 Å². The number of carbonyl (C=O) groups excluding carboxylic acids is 1. The quantitative estimate of drug-likeness (QED) is 0.422. The molecule has 0 saturated carbocycles. The van der Waals surface area contributed by atoms with E-state index in [0.29, 0.717) is 0 Å². The minimum Gasteiger partial charge on any atom is -0.353 e. The van der Waals surface area contributed by atoms with Crippen molar-refractivity contribution in [2.75, 3.05) is 13.1 Å². The van der Waals surface area contributed by atoms with Crippen LogP contribution in [0.3, 0.4) is 0 Å². The first-order valence-corrected chi connectivity index (χ1v) is 13.7. The smallest absolute Gasteiger partial charge is 0.243 e. The van der Waals surface area contributed by atoms with Crippen molar-refractivity contribution in [1.29, 1.82) is 0 Å². The summed E-state index contributed by atoms with van der Waals surface area (Å²) in [6.07, 6.45) is 3.54. The lowest BCUT2D eigenvalue weighted by Crippen LogP contribution is -2.59. The highest BCUT2D eigenvalue weighted by molar-refractivity contribution is 6.89. The van der Waals surface area contributed by atoms with Gasteiger partial charge in [0.2, 0.25) is 5.91 Å². The number of nitrogens with zero attached hydrogens (tertiary/aromatic N) is 1. The highest BCUT2D eigenvalue weighted by Gasteiger charge is 2.33. The Labute approximate surface area is 115 Å². The standard InChI is InChI=1S/C13H30N2OSi2/c1-8-13(16)14-11-9-10-12-15(17(2,3)4)18(5,6)7/h8H,1,9-12H2,2-7H3,(H,14,16). The molecule has 0 aliphatic carbocycles. The van der Waals surface area contributed by atoms with Gasteiger partial charge in [0.05, 0.1) is 0 Å². The molecule has 5 heteroatoms. The SMILES string of the molecule is C=CC(=O)NCCCCN([Si](C)(C)C)[Si](C)(C)C. The van der Waals surface area contributed by atoms with Gasteiger partial charge >= 0.3 is 0 Å². The van der Waals surface area contributed by atoms with Crippen molar-refractivity contribution in [1.82, 2.24) is 9.55 Å². The third kappa shape index (κ3) is 7.13. The van der Waals surface area contributed by atoms with Crippen LogP contribution in [0.25, 0.3) is 0 Å². The Morgan fingerprint density at radius 2 is 1.61 bits per heavy atom. The summed E-state index contributed by atoms with van der Waals surface area (Å²) >= 11 is 0. The van der Waals surface area contributed by atoms with Crippen molar-refractivity contribution in [3.8, 4) is 0 Å². The van der Waals surface area contributed by atoms with Crippen LogP contribution in [-0.4, -0.2) is 39.7 Å². The molecule has 1 N–H and O–H groups in total. The summed E-state index contributed by atoms with van der Waals surface area (Å²) in [7, 11) is -2.44. The first-order chi connectivity index (χ1) is 8.09. The van der Waals surface area contributed by atoms with Gasteiger partial charge in [-0.1, -0.05) is 45.9 Å². The zero-order valence-electron chi connectivity index (χ0n) is 13.0. The van der Waals surface area contributed by atoms with E-state index in [4.69, 9.17) is 0 Å². The van der Waals surface area contributed by atoms with Gasteiger partial charge < -0.3 is 9.55 Å². The Hall–Kier alpha value is -0.396. The van der Waals surface area contributed by atoms with E-state index in [-0.39, 0.29) is 5.91 Å². The molecule has 0 unspecified atom stereocenters. The Bertz CT molecular complexity index is 266. The Kier molecular flexibility index (Phi) is 7.10. The number of nitrogens with one attached hydrogen (secondary N) is 1. The van der Waals surface area contributed by atoms with Gasteiger partial charge in [0, 0.05) is 6.54 Å². The molecule has 0 rings (SSSR count). The summed E-state index contributed by atoms with van der Waals surface area (Å²) in [6, 6.07) is 0. The molecule has 0 bridgehead atoms. The Morgan fingerprint density at radius 3 is 2.00 bits per heavy atom. The van der Waals surface area contributed by atoms with Crippen molar-refractivity contribution in [3.63, 3.8) is 0 Å². The van der Waals surface area contributed by atoms with E-state index < -0.39 is 16.5 Å². The lowest BCUT2D eigenvalue weighted by atomic mass is 10.3. The highest BCUT2D eigenvalue weighted by atomic mass is 28.4. The Balaban J connectivity index is 4.08. The van der Waals surface area contributed by atoms with Crippen LogP contribution in [-0.2, 0) is 4.79 Å². The second kappa shape index (κ2) is 7.26. The molecule has 0 radical (unpaired) electrons. The van der Waals surface area contributed by atoms with E-state index in [1.165, 1.54) is 12.6 Å². The average Bonchev–Trinajstić information content (AvgIpc) is 2.18. The number of unbranched alkanes of at least 4 members (excludes halogenated alkanes) is 1. The molecule has 0 aliphatic heterocycles. The molecular weight excluding hydrogens is 256 g/mol. The van der Waals surface area contributed by atoms with Crippen LogP contribution in [0.2, 0.25) is 39.3 Å². The fourth-order valence-electron chi connectivity index (χ4n) is 2.36. The number of carbonyl (C=O) groups is 1. The van der Waals surface area contributed by atoms with Crippen molar-refractivity contribution >= 4 is 22.4 Å². The molecule has 106 valence electrons. The average molecular weight is 287 g/mol. The fourth-order valence-corrected chi connectivity index (χ4v) is 12.1. The van der Waals surface area contributed by atoms with Gasteiger partial charge in [-0.25, -0.2) is 0 Å². The third-order valence-corrected chi connectivity index (χ3v) is 10.6. The summed E-state index contributed by atoms with van der Waals surface area (Å²) in [5.74, 6) is -0.0674. The summed E-state index contributed by atoms with van der Waals surface area (Å²) in [4.78, 5) is 11.0. The van der Waals surface area contributed by atoms with E-state index in [1.54, 1.807) is 0 Å². The van der Waals surface area contributed by atoms with Crippen LogP contribution >= 0.6 is 0 Å². The monoisotopic (exact) mass is 286 g/mol. The predicted octanol–water partition coefficient (Wildman–Crippen LogP) is 3.04. The molecule has 0 saturated heterocycles. The highest BCUT2D eigenvalue weighted by Crippen LogP contribution is 2.20. The van der Waals surface area contributed by atoms with Crippen molar-refractivity contribution in [2.45, 2.75) is 52.1 Å². The van der Waals surface area contributed by atoms with E-state index in [2.05, 4.69) is 55.4 Å². The summed E-state index contributed by atoms with van der Waals surface area (Å²) < 4.78 is 2.79. The van der Waals surface area contributed by atoms with Gasteiger partial charge in [-0.15, -0.1) is 0 Å². The lowest BCUT2D eigenvalue weighted by Gasteiger charge is -2.43. The molecule has 0 spiro atoms. The molecule has 0 aliphatic rings. The van der Waals surface area contributed by atoms with Crippen LogP contribution in [0.1, 0.15) is 12.8 Å². The van der Waals surface area contributed by atoms with Gasteiger partial charge in [0.1, 0.15) is 16.5 Å². The van der Waals surface area contributed by atoms with Crippen LogP contribution in [0, 0.1) is 0 Å². The Morgan fingerprint density at radius 1 is 1.11 bits per heavy atom. The lowest BCUT2D eigenvalue weighted by molar-refractivity contribution is -0.116. The molecule has 0 fully saturated rings. The maximum absolute atomic E-state index is 11.0. The molecule has 1 amide bonds. The number of amides is 1. The number of hydrogen-bond acceptors (Lipinski definition) is 2. The normalized spacial score (nSPS) is 12.6. The molecular formula is C13H30N2OSi2. The first-order valence-electron chi connectivity index (χ1n) is 6.77. The van der Waals surface area contributed by atoms with Crippen LogP contribution < -0.4 is 5.32 Å². The fraction of sp³-hybridized carbons (Fsp3) is 0.769. The van der Waals surface area contributed by atoms with Gasteiger partial charge in [-0.2, -0.15) is 0 Å². The molecule has 0 aromatic carbocycles. The summed E-state index contributed by atoms with van der Waals surface area (Å²) in [5.41, 5.74) is 0. The van der Waals surface area contributed by atoms with E-state index in [0.717, 1.165) is 19.4 Å². The zero-order valence-corrected chi connectivity index (χ0v) is 15.0. The second-order valence-corrected chi connectivity index (χ2v) is 16.9. The molecule has 0 aromatic rings. The van der Waals surface area contributed by atoms with Gasteiger partial charge in [-0.3, -0.25) is 4.79 Å². The van der Waals surface area contributed by atoms with Crippen LogP contribution in [0.4, 0.5) is 0 Å². The van der Waals surface area contributed by atoms with Crippen molar-refractivity contribution < 1.29 is 4.79 Å². The van der Waals surface area contributed by atoms with Gasteiger partial charge in [0.15, 0.2) is 0 Å². The second-order valence-electron chi connectivity index (χ2n) is 6.70. The van der Waals surface area contributed by atoms with Crippen LogP contribution in [0.15, 0.2) is 12.7 Å². The molecule has 0 heterocycles. The molecule has 3 nitrogen and oxygen atoms in total. The topological polar surface area (TPSA) is 32.3 Å². The summed E-state index contributed by atoms with van der Waals surface area (Å²) in [6.45, 7) is 19.9. The van der Waals surface area contributed by atoms with Crippen molar-refractivity contribution in [2.24, 2.45) is 0 Å². The maximum atomic E-state index is 11.0. The maximum Gasteiger partial charge on any atom is 0.243 e. The molecule has 18 heavy (non-hydrogen) atoms. The van der Waals surface area contributed by atoms with Gasteiger partial charge in [-0.05, 0) is 25.5 Å². The zero-order chi connectivity index (χ0) is 14.4. The largest absolute Gasteiger partial charge is 0.353 e. The third-order valence-electron chi connectivity index (χ3n) is 2.91. The number of rotatable bonds is 8. The van der Waals surface area contributed by atoms with E-state index in [9.17, 15) is 4.79 Å². The minimum atomic E-state index is -1.22. The molecule has 0 atom stereocenters. The van der Waals surface area contributed by atoms with Gasteiger partial charge in [0.25, 0.3) is 0 Å². The predicted molar refractivity (Wildman–Crippen MR) is 85.8 cm³/mol. The molecule has 0 aromatic heterocycles. The number of hydrogen-bond donors (Lipinski definition) is 1. The summed E-state index contributed by atoms with van der Waals surface area (Å²) in [5, 5.41) is 2.83. The van der Waals surface area contributed by atoms with E-state index >= 15 is 0 Å². The van der Waals surface area contributed by atoms with Crippen LogP contribution in [0.5, 0.6) is 0 Å².